The molecule has 0 saturated carbocycles. The van der Waals surface area contributed by atoms with E-state index in [4.69, 9.17) is 0 Å². The van der Waals surface area contributed by atoms with Crippen LogP contribution in [0.2, 0.25) is 0 Å². The van der Waals surface area contributed by atoms with Crippen molar-refractivity contribution in [1.29, 1.82) is 0 Å². The molecule has 0 saturated heterocycles. The summed E-state index contributed by atoms with van der Waals surface area (Å²) < 4.78 is 3.82. The Morgan fingerprint density at radius 2 is 2.29 bits per heavy atom. The van der Waals surface area contributed by atoms with Gasteiger partial charge in [-0.1, -0.05) is 5.21 Å². The van der Waals surface area contributed by atoms with Crippen LogP contribution in [0.5, 0.6) is 0 Å². The lowest BCUT2D eigenvalue weighted by Crippen LogP contribution is -2.05. The largest absolute Gasteiger partial charge is 0.314 e. The molecule has 0 unspecified atom stereocenters. The fourth-order valence-corrected chi connectivity index (χ4v) is 2.42. The van der Waals surface area contributed by atoms with E-state index in [1.807, 2.05) is 35.4 Å². The molecule has 0 atom stereocenters. The van der Waals surface area contributed by atoms with Crippen molar-refractivity contribution < 1.29 is 0 Å². The second-order valence-electron chi connectivity index (χ2n) is 3.76. The van der Waals surface area contributed by atoms with Gasteiger partial charge in [0.05, 0.1) is 24.1 Å². The topological polar surface area (TPSA) is 60.0 Å². The second-order valence-corrected chi connectivity index (χ2v) is 4.64. The van der Waals surface area contributed by atoms with Gasteiger partial charge in [0, 0.05) is 24.3 Å². The summed E-state index contributed by atoms with van der Waals surface area (Å²) in [6.07, 6.45) is 5.96. The number of aromatic nitrogens is 5. The number of hydrogen-bond donors (Lipinski definition) is 1. The highest BCUT2D eigenvalue weighted by atomic mass is 32.1. The van der Waals surface area contributed by atoms with Crippen LogP contribution in [0.1, 0.15) is 11.4 Å². The van der Waals surface area contributed by atoms with E-state index in [1.165, 1.54) is 0 Å². The first-order valence-electron chi connectivity index (χ1n) is 5.30. The van der Waals surface area contributed by atoms with Crippen molar-refractivity contribution in [3.8, 4) is 0 Å². The molecule has 3 heterocycles. The standard InChI is InChI=1S/C10H12N6S/c1-11-4-8-6-16(14-13-8)7-9-5-15-2-3-17-10(15)12-9/h2-3,5-6,11H,4,7H2,1H3. The van der Waals surface area contributed by atoms with E-state index >= 15 is 0 Å². The van der Waals surface area contributed by atoms with Crippen molar-refractivity contribution in [3.63, 3.8) is 0 Å². The van der Waals surface area contributed by atoms with Crippen LogP contribution in [-0.4, -0.2) is 31.4 Å². The summed E-state index contributed by atoms with van der Waals surface area (Å²) in [4.78, 5) is 5.51. The van der Waals surface area contributed by atoms with E-state index in [-0.39, 0.29) is 0 Å². The van der Waals surface area contributed by atoms with E-state index in [1.54, 1.807) is 16.0 Å². The van der Waals surface area contributed by atoms with Crippen molar-refractivity contribution in [1.82, 2.24) is 29.7 Å². The fourth-order valence-electron chi connectivity index (χ4n) is 1.70. The number of imidazole rings is 1. The van der Waals surface area contributed by atoms with Gasteiger partial charge in [-0.2, -0.15) is 0 Å². The summed E-state index contributed by atoms with van der Waals surface area (Å²) in [5, 5.41) is 13.2. The molecule has 0 bridgehead atoms. The summed E-state index contributed by atoms with van der Waals surface area (Å²) in [6, 6.07) is 0. The van der Waals surface area contributed by atoms with Gasteiger partial charge in [-0.15, -0.1) is 16.4 Å². The Bertz CT molecular complexity index is 593. The maximum absolute atomic E-state index is 4.50. The summed E-state index contributed by atoms with van der Waals surface area (Å²) in [7, 11) is 1.89. The van der Waals surface area contributed by atoms with Gasteiger partial charge in [0.25, 0.3) is 0 Å². The molecule has 1 N–H and O–H groups in total. The highest BCUT2D eigenvalue weighted by Crippen LogP contribution is 2.11. The highest BCUT2D eigenvalue weighted by molar-refractivity contribution is 7.15. The maximum Gasteiger partial charge on any atom is 0.193 e. The molecule has 7 heteroatoms. The zero-order valence-corrected chi connectivity index (χ0v) is 10.2. The zero-order chi connectivity index (χ0) is 11.7. The smallest absolute Gasteiger partial charge is 0.193 e. The van der Waals surface area contributed by atoms with Crippen molar-refractivity contribution in [2.45, 2.75) is 13.1 Å². The van der Waals surface area contributed by atoms with Crippen molar-refractivity contribution in [2.75, 3.05) is 7.05 Å². The number of rotatable bonds is 4. The van der Waals surface area contributed by atoms with Crippen molar-refractivity contribution in [2.24, 2.45) is 0 Å². The van der Waals surface area contributed by atoms with Gasteiger partial charge < -0.3 is 5.32 Å². The molecule has 0 aliphatic carbocycles. The number of nitrogens with zero attached hydrogens (tertiary/aromatic N) is 5. The Labute approximate surface area is 102 Å². The minimum absolute atomic E-state index is 0.658. The van der Waals surface area contributed by atoms with Crippen LogP contribution in [0.4, 0.5) is 0 Å². The molecule has 3 aromatic heterocycles. The van der Waals surface area contributed by atoms with Crippen LogP contribution in [0, 0.1) is 0 Å². The highest BCUT2D eigenvalue weighted by Gasteiger charge is 2.05. The van der Waals surface area contributed by atoms with Gasteiger partial charge in [-0.25, -0.2) is 9.67 Å². The third-order valence-electron chi connectivity index (χ3n) is 2.41. The molecule has 0 fully saturated rings. The van der Waals surface area contributed by atoms with Gasteiger partial charge in [0.1, 0.15) is 0 Å². The Kier molecular flexibility index (Phi) is 2.62. The van der Waals surface area contributed by atoms with E-state index in [0.717, 1.165) is 22.9 Å². The summed E-state index contributed by atoms with van der Waals surface area (Å²) in [6.45, 7) is 1.39. The molecule has 0 aliphatic rings. The number of nitrogens with one attached hydrogen (secondary N) is 1. The van der Waals surface area contributed by atoms with Gasteiger partial charge in [-0.3, -0.25) is 4.40 Å². The average molecular weight is 248 g/mol. The van der Waals surface area contributed by atoms with Crippen LogP contribution < -0.4 is 5.32 Å². The second kappa shape index (κ2) is 4.27. The maximum atomic E-state index is 4.50. The molecule has 6 nitrogen and oxygen atoms in total. The average Bonchev–Trinajstić information content (AvgIpc) is 2.95. The molecule has 17 heavy (non-hydrogen) atoms. The summed E-state index contributed by atoms with van der Waals surface area (Å²) in [5.74, 6) is 0. The first-order chi connectivity index (χ1) is 8.35. The summed E-state index contributed by atoms with van der Waals surface area (Å²) in [5.41, 5.74) is 1.94. The van der Waals surface area contributed by atoms with Crippen LogP contribution in [0.3, 0.4) is 0 Å². The summed E-state index contributed by atoms with van der Waals surface area (Å²) >= 11 is 1.63. The van der Waals surface area contributed by atoms with Crippen LogP contribution in [-0.2, 0) is 13.1 Å². The molecule has 3 rings (SSSR count). The SMILES string of the molecule is CNCc1cn(Cc2cn3ccsc3n2)nn1. The first-order valence-corrected chi connectivity index (χ1v) is 6.18. The quantitative estimate of drug-likeness (QED) is 0.740. The lowest BCUT2D eigenvalue weighted by molar-refractivity contribution is 0.640. The minimum atomic E-state index is 0.658. The predicted molar refractivity (Wildman–Crippen MR) is 65.0 cm³/mol. The molecule has 0 aliphatic heterocycles. The molecular formula is C10H12N6S. The Morgan fingerprint density at radius 1 is 1.35 bits per heavy atom. The van der Waals surface area contributed by atoms with Crippen LogP contribution in [0.15, 0.2) is 24.0 Å². The van der Waals surface area contributed by atoms with Gasteiger partial charge in [0.2, 0.25) is 0 Å². The first kappa shape index (κ1) is 10.4. The zero-order valence-electron chi connectivity index (χ0n) is 9.37. The molecular weight excluding hydrogens is 236 g/mol. The Morgan fingerprint density at radius 3 is 3.12 bits per heavy atom. The lowest BCUT2D eigenvalue weighted by Gasteiger charge is -1.94. The third kappa shape index (κ3) is 2.06. The fraction of sp³-hybridized carbons (Fsp3) is 0.300. The number of thiazole rings is 1. The van der Waals surface area contributed by atoms with Crippen LogP contribution >= 0.6 is 11.3 Å². The number of fused-ring (bicyclic) bond motifs is 1. The monoisotopic (exact) mass is 248 g/mol. The number of hydrogen-bond acceptors (Lipinski definition) is 5. The predicted octanol–water partition coefficient (Wildman–Crippen LogP) is 0.755. The van der Waals surface area contributed by atoms with Gasteiger partial charge in [-0.05, 0) is 7.05 Å². The third-order valence-corrected chi connectivity index (χ3v) is 3.18. The van der Waals surface area contributed by atoms with Gasteiger partial charge >= 0.3 is 0 Å². The Hall–Kier alpha value is -1.73. The van der Waals surface area contributed by atoms with Crippen molar-refractivity contribution in [3.05, 3.63) is 35.4 Å². The van der Waals surface area contributed by atoms with E-state index in [0.29, 0.717) is 6.54 Å². The molecule has 0 radical (unpaired) electrons. The van der Waals surface area contributed by atoms with Gasteiger partial charge in [0.15, 0.2) is 4.96 Å². The van der Waals surface area contributed by atoms with E-state index < -0.39 is 0 Å². The van der Waals surface area contributed by atoms with E-state index in [2.05, 4.69) is 20.6 Å². The van der Waals surface area contributed by atoms with Crippen LogP contribution in [0.25, 0.3) is 4.96 Å². The molecule has 0 amide bonds. The molecule has 3 aromatic rings. The van der Waals surface area contributed by atoms with Crippen molar-refractivity contribution >= 4 is 16.3 Å². The molecule has 0 aromatic carbocycles. The lowest BCUT2D eigenvalue weighted by atomic mass is 10.4. The normalized spacial score (nSPS) is 11.4. The molecule has 0 spiro atoms. The minimum Gasteiger partial charge on any atom is -0.314 e. The van der Waals surface area contributed by atoms with E-state index in [9.17, 15) is 0 Å². The Balaban J connectivity index is 1.79. The molecule has 88 valence electrons.